The molecule has 0 bridgehead atoms. The molecule has 2 nitrogen and oxygen atoms in total. The van der Waals surface area contributed by atoms with E-state index in [1.165, 1.54) is 6.42 Å². The lowest BCUT2D eigenvalue weighted by Crippen LogP contribution is -2.16. The van der Waals surface area contributed by atoms with Gasteiger partial charge in [0.05, 0.1) is 5.57 Å². The molecular formula is C9H12Cl2O2. The van der Waals surface area contributed by atoms with Crippen LogP contribution in [0.15, 0.2) is 10.1 Å². The van der Waals surface area contributed by atoms with E-state index in [9.17, 15) is 4.79 Å². The summed E-state index contributed by atoms with van der Waals surface area (Å²) in [6, 6.07) is 0. The molecule has 0 amide bonds. The lowest BCUT2D eigenvalue weighted by Gasteiger charge is -2.21. The van der Waals surface area contributed by atoms with Gasteiger partial charge in [0.15, 0.2) is 0 Å². The first kappa shape index (κ1) is 10.9. The van der Waals surface area contributed by atoms with Crippen molar-refractivity contribution in [1.29, 1.82) is 0 Å². The molecule has 4 heteroatoms. The minimum atomic E-state index is -0.980. The van der Waals surface area contributed by atoms with Gasteiger partial charge in [-0.2, -0.15) is 0 Å². The summed E-state index contributed by atoms with van der Waals surface area (Å²) in [7, 11) is 0. The fourth-order valence-electron chi connectivity index (χ4n) is 1.80. The van der Waals surface area contributed by atoms with Gasteiger partial charge in [0.25, 0.3) is 0 Å². The molecule has 1 rings (SSSR count). The van der Waals surface area contributed by atoms with Gasteiger partial charge in [0.2, 0.25) is 0 Å². The van der Waals surface area contributed by atoms with E-state index >= 15 is 0 Å². The summed E-state index contributed by atoms with van der Waals surface area (Å²) in [6.07, 6.45) is 5.11. The Labute approximate surface area is 87.5 Å². The van der Waals surface area contributed by atoms with Gasteiger partial charge in [0, 0.05) is 0 Å². The SMILES string of the molecule is O=C(O)C(=C(Cl)Cl)C1CCCCC1. The van der Waals surface area contributed by atoms with Crippen molar-refractivity contribution in [2.75, 3.05) is 0 Å². The van der Waals surface area contributed by atoms with Crippen LogP contribution in [0.25, 0.3) is 0 Å². The van der Waals surface area contributed by atoms with Gasteiger partial charge in [-0.3, -0.25) is 0 Å². The topological polar surface area (TPSA) is 37.3 Å². The van der Waals surface area contributed by atoms with Crippen LogP contribution < -0.4 is 0 Å². The van der Waals surface area contributed by atoms with Gasteiger partial charge in [-0.05, 0) is 18.8 Å². The summed E-state index contributed by atoms with van der Waals surface area (Å²) in [6.45, 7) is 0. The van der Waals surface area contributed by atoms with E-state index in [4.69, 9.17) is 28.3 Å². The molecule has 0 aromatic carbocycles. The number of carboxylic acid groups (broad SMARTS) is 1. The number of aliphatic carboxylic acids is 1. The molecule has 0 heterocycles. The van der Waals surface area contributed by atoms with E-state index in [1.807, 2.05) is 0 Å². The molecule has 74 valence electrons. The Hall–Kier alpha value is -0.210. The Morgan fingerprint density at radius 2 is 1.69 bits per heavy atom. The van der Waals surface area contributed by atoms with Crippen molar-refractivity contribution in [1.82, 2.24) is 0 Å². The summed E-state index contributed by atoms with van der Waals surface area (Å²) in [5.41, 5.74) is 0.197. The molecule has 1 saturated carbocycles. The zero-order valence-corrected chi connectivity index (χ0v) is 8.74. The van der Waals surface area contributed by atoms with Gasteiger partial charge in [-0.1, -0.05) is 42.5 Å². The molecule has 1 aliphatic carbocycles. The lowest BCUT2D eigenvalue weighted by atomic mass is 9.84. The van der Waals surface area contributed by atoms with Crippen LogP contribution in [0.4, 0.5) is 0 Å². The van der Waals surface area contributed by atoms with Crippen LogP contribution in [0.2, 0.25) is 0 Å². The third-order valence-electron chi connectivity index (χ3n) is 2.45. The highest BCUT2D eigenvalue weighted by atomic mass is 35.5. The molecule has 1 fully saturated rings. The van der Waals surface area contributed by atoms with Gasteiger partial charge in [-0.25, -0.2) is 4.79 Å². The van der Waals surface area contributed by atoms with E-state index in [0.29, 0.717) is 0 Å². The lowest BCUT2D eigenvalue weighted by molar-refractivity contribution is -0.133. The molecule has 0 atom stereocenters. The zero-order valence-electron chi connectivity index (χ0n) is 7.22. The summed E-state index contributed by atoms with van der Waals surface area (Å²) < 4.78 is -0.0839. The number of rotatable bonds is 2. The Kier molecular flexibility index (Phi) is 4.07. The minimum Gasteiger partial charge on any atom is -0.478 e. The second kappa shape index (κ2) is 4.87. The summed E-state index contributed by atoms with van der Waals surface area (Å²) in [4.78, 5) is 10.8. The van der Waals surface area contributed by atoms with Crippen molar-refractivity contribution in [3.63, 3.8) is 0 Å². The van der Waals surface area contributed by atoms with Crippen LogP contribution >= 0.6 is 23.2 Å². The van der Waals surface area contributed by atoms with Crippen molar-refractivity contribution >= 4 is 29.2 Å². The van der Waals surface area contributed by atoms with E-state index < -0.39 is 5.97 Å². The quantitative estimate of drug-likeness (QED) is 0.729. The number of hydrogen-bond donors (Lipinski definition) is 1. The van der Waals surface area contributed by atoms with Gasteiger partial charge in [-0.15, -0.1) is 0 Å². The van der Waals surface area contributed by atoms with E-state index in [2.05, 4.69) is 0 Å². The first-order valence-corrected chi connectivity index (χ1v) is 5.17. The molecule has 0 aliphatic heterocycles. The number of carbonyl (C=O) groups is 1. The van der Waals surface area contributed by atoms with Crippen molar-refractivity contribution in [2.24, 2.45) is 5.92 Å². The largest absolute Gasteiger partial charge is 0.478 e. The highest BCUT2D eigenvalue weighted by molar-refractivity contribution is 6.57. The first-order valence-electron chi connectivity index (χ1n) is 4.41. The number of carboxylic acids is 1. The van der Waals surface area contributed by atoms with Crippen molar-refractivity contribution < 1.29 is 9.90 Å². The standard InChI is InChI=1S/C9H12Cl2O2/c10-8(11)7(9(12)13)6-4-2-1-3-5-6/h6H,1-5H2,(H,12,13). The minimum absolute atomic E-state index is 0.0521. The molecule has 0 unspecified atom stereocenters. The second-order valence-electron chi connectivity index (χ2n) is 3.31. The average Bonchev–Trinajstić information content (AvgIpc) is 2.04. The molecule has 0 spiro atoms. The van der Waals surface area contributed by atoms with E-state index in [0.717, 1.165) is 25.7 Å². The molecule has 0 aromatic rings. The maximum atomic E-state index is 10.8. The molecule has 0 saturated heterocycles. The maximum absolute atomic E-state index is 10.8. The van der Waals surface area contributed by atoms with Gasteiger partial charge in [0.1, 0.15) is 4.49 Å². The number of halogens is 2. The molecule has 1 N–H and O–H groups in total. The summed E-state index contributed by atoms with van der Waals surface area (Å²) in [5, 5.41) is 8.87. The third kappa shape index (κ3) is 2.89. The van der Waals surface area contributed by atoms with Crippen LogP contribution in [-0.2, 0) is 4.79 Å². The summed E-state index contributed by atoms with van der Waals surface area (Å²) >= 11 is 11.1. The van der Waals surface area contributed by atoms with E-state index in [1.54, 1.807) is 0 Å². The maximum Gasteiger partial charge on any atom is 0.334 e. The Bertz CT molecular complexity index is 226. The molecule has 13 heavy (non-hydrogen) atoms. The molecule has 0 radical (unpaired) electrons. The van der Waals surface area contributed by atoms with Crippen LogP contribution in [0.5, 0.6) is 0 Å². The average molecular weight is 223 g/mol. The van der Waals surface area contributed by atoms with Crippen molar-refractivity contribution in [3.05, 3.63) is 10.1 Å². The fourth-order valence-corrected chi connectivity index (χ4v) is 2.27. The van der Waals surface area contributed by atoms with Crippen LogP contribution in [0.3, 0.4) is 0 Å². The smallest absolute Gasteiger partial charge is 0.334 e. The Morgan fingerprint density at radius 1 is 1.15 bits per heavy atom. The van der Waals surface area contributed by atoms with Crippen LogP contribution in [0.1, 0.15) is 32.1 Å². The fraction of sp³-hybridized carbons (Fsp3) is 0.667. The molecule has 0 aromatic heterocycles. The normalized spacial score (nSPS) is 18.3. The monoisotopic (exact) mass is 222 g/mol. The highest BCUT2D eigenvalue weighted by Gasteiger charge is 2.25. The van der Waals surface area contributed by atoms with Crippen LogP contribution in [0, 0.1) is 5.92 Å². The Morgan fingerprint density at radius 3 is 2.08 bits per heavy atom. The zero-order chi connectivity index (χ0) is 9.84. The summed E-state index contributed by atoms with van der Waals surface area (Å²) in [5.74, 6) is -0.928. The molecule has 1 aliphatic rings. The van der Waals surface area contributed by atoms with Gasteiger partial charge >= 0.3 is 5.97 Å². The van der Waals surface area contributed by atoms with Crippen molar-refractivity contribution in [3.8, 4) is 0 Å². The highest BCUT2D eigenvalue weighted by Crippen LogP contribution is 2.33. The predicted octanol–water partition coefficient (Wildman–Crippen LogP) is 3.34. The van der Waals surface area contributed by atoms with E-state index in [-0.39, 0.29) is 16.0 Å². The molecular weight excluding hydrogens is 211 g/mol. The first-order chi connectivity index (χ1) is 6.13. The van der Waals surface area contributed by atoms with Crippen LogP contribution in [-0.4, -0.2) is 11.1 Å². The third-order valence-corrected chi connectivity index (χ3v) is 2.85. The van der Waals surface area contributed by atoms with Gasteiger partial charge < -0.3 is 5.11 Å². The van der Waals surface area contributed by atoms with Crippen molar-refractivity contribution in [2.45, 2.75) is 32.1 Å². The second-order valence-corrected chi connectivity index (χ2v) is 4.26. The number of hydrogen-bond acceptors (Lipinski definition) is 1. The Balaban J connectivity index is 2.75. The predicted molar refractivity (Wildman–Crippen MR) is 52.9 cm³/mol.